The van der Waals surface area contributed by atoms with Gasteiger partial charge < -0.3 is 10.6 Å². The van der Waals surface area contributed by atoms with E-state index in [1.165, 1.54) is 25.7 Å². The molecule has 0 saturated heterocycles. The average molecular weight is 284 g/mol. The first-order valence-electron chi connectivity index (χ1n) is 8.11. The molecule has 21 heavy (non-hydrogen) atoms. The van der Waals surface area contributed by atoms with Gasteiger partial charge in [0.05, 0.1) is 5.52 Å². The predicted octanol–water partition coefficient (Wildman–Crippen LogP) is 4.05. The van der Waals surface area contributed by atoms with E-state index in [9.17, 15) is 0 Å². The molecule has 0 amide bonds. The largest absolute Gasteiger partial charge is 0.369 e. The quantitative estimate of drug-likeness (QED) is 0.840. The standard InChI is InChI=1S/C17H24N4/c1-2-11-18-17-20-15-10-6-5-9-14(15)16(21-17)19-12-13-7-3-4-8-13/h5-6,9-10,13H,2-4,7-8,11-12H2,1H3,(H2,18,19,20,21). The average Bonchev–Trinajstić information content (AvgIpc) is 3.04. The fraction of sp³-hybridized carbons (Fsp3) is 0.529. The van der Waals surface area contributed by atoms with Crippen molar-refractivity contribution in [3.8, 4) is 0 Å². The number of rotatable bonds is 6. The van der Waals surface area contributed by atoms with Gasteiger partial charge in [-0.15, -0.1) is 0 Å². The maximum atomic E-state index is 4.67. The predicted molar refractivity (Wildman–Crippen MR) is 88.8 cm³/mol. The van der Waals surface area contributed by atoms with E-state index < -0.39 is 0 Å². The first kappa shape index (κ1) is 14.1. The van der Waals surface area contributed by atoms with Crippen LogP contribution in [0.5, 0.6) is 0 Å². The summed E-state index contributed by atoms with van der Waals surface area (Å²) in [6, 6.07) is 8.22. The maximum absolute atomic E-state index is 4.67. The highest BCUT2D eigenvalue weighted by molar-refractivity contribution is 5.90. The molecule has 0 bridgehead atoms. The van der Waals surface area contributed by atoms with Crippen LogP contribution >= 0.6 is 0 Å². The number of aromatic nitrogens is 2. The Labute approximate surface area is 126 Å². The van der Waals surface area contributed by atoms with Crippen LogP contribution in [0.15, 0.2) is 24.3 Å². The third-order valence-corrected chi connectivity index (χ3v) is 4.17. The van der Waals surface area contributed by atoms with Gasteiger partial charge >= 0.3 is 0 Å². The highest BCUT2D eigenvalue weighted by atomic mass is 15.1. The van der Waals surface area contributed by atoms with Crippen LogP contribution in [-0.4, -0.2) is 23.1 Å². The molecule has 0 radical (unpaired) electrons. The van der Waals surface area contributed by atoms with Crippen LogP contribution in [-0.2, 0) is 0 Å². The number of hydrogen-bond donors (Lipinski definition) is 2. The van der Waals surface area contributed by atoms with Crippen LogP contribution in [0.1, 0.15) is 39.0 Å². The lowest BCUT2D eigenvalue weighted by Gasteiger charge is -2.14. The summed E-state index contributed by atoms with van der Waals surface area (Å²) in [6.07, 6.45) is 6.51. The first-order valence-corrected chi connectivity index (χ1v) is 8.11. The van der Waals surface area contributed by atoms with Crippen LogP contribution in [0.3, 0.4) is 0 Å². The van der Waals surface area contributed by atoms with Crippen LogP contribution in [0.2, 0.25) is 0 Å². The number of para-hydroxylation sites is 1. The number of hydrogen-bond acceptors (Lipinski definition) is 4. The van der Waals surface area contributed by atoms with Crippen LogP contribution in [0.25, 0.3) is 10.9 Å². The van der Waals surface area contributed by atoms with Gasteiger partial charge in [0.2, 0.25) is 5.95 Å². The van der Waals surface area contributed by atoms with Gasteiger partial charge in [-0.2, -0.15) is 4.98 Å². The molecule has 0 aliphatic heterocycles. The van der Waals surface area contributed by atoms with Gasteiger partial charge in [0.25, 0.3) is 0 Å². The molecule has 4 heteroatoms. The summed E-state index contributed by atoms with van der Waals surface area (Å²) in [7, 11) is 0. The lowest BCUT2D eigenvalue weighted by atomic mass is 10.1. The van der Waals surface area contributed by atoms with Crippen LogP contribution in [0, 0.1) is 5.92 Å². The zero-order valence-electron chi connectivity index (χ0n) is 12.7. The van der Waals surface area contributed by atoms with Crippen molar-refractivity contribution in [3.63, 3.8) is 0 Å². The van der Waals surface area contributed by atoms with Crippen molar-refractivity contribution < 1.29 is 0 Å². The Kier molecular flexibility index (Phi) is 4.53. The zero-order valence-corrected chi connectivity index (χ0v) is 12.7. The lowest BCUT2D eigenvalue weighted by Crippen LogP contribution is -2.14. The molecule has 0 atom stereocenters. The zero-order chi connectivity index (χ0) is 14.5. The van der Waals surface area contributed by atoms with E-state index in [4.69, 9.17) is 0 Å². The van der Waals surface area contributed by atoms with Gasteiger partial charge in [-0.25, -0.2) is 4.98 Å². The molecule has 1 saturated carbocycles. The van der Waals surface area contributed by atoms with E-state index in [0.717, 1.165) is 48.1 Å². The Bertz CT molecular complexity index is 590. The molecule has 2 aromatic rings. The van der Waals surface area contributed by atoms with Crippen molar-refractivity contribution in [3.05, 3.63) is 24.3 Å². The lowest BCUT2D eigenvalue weighted by molar-refractivity contribution is 0.579. The Balaban J connectivity index is 1.82. The fourth-order valence-corrected chi connectivity index (χ4v) is 2.98. The molecule has 0 unspecified atom stereocenters. The molecule has 112 valence electrons. The molecule has 1 heterocycles. The second kappa shape index (κ2) is 6.74. The van der Waals surface area contributed by atoms with E-state index in [0.29, 0.717) is 0 Å². The van der Waals surface area contributed by atoms with Gasteiger partial charge in [-0.05, 0) is 37.3 Å². The number of nitrogens with one attached hydrogen (secondary N) is 2. The molecule has 3 rings (SSSR count). The molecule has 1 aromatic carbocycles. The summed E-state index contributed by atoms with van der Waals surface area (Å²) in [4.78, 5) is 9.26. The summed E-state index contributed by atoms with van der Waals surface area (Å²) in [5.74, 6) is 2.49. The first-order chi connectivity index (χ1) is 10.4. The Morgan fingerprint density at radius 1 is 1.10 bits per heavy atom. The summed E-state index contributed by atoms with van der Waals surface area (Å²) >= 11 is 0. The van der Waals surface area contributed by atoms with E-state index in [1.807, 2.05) is 12.1 Å². The maximum Gasteiger partial charge on any atom is 0.225 e. The molecule has 4 nitrogen and oxygen atoms in total. The second-order valence-electron chi connectivity index (χ2n) is 5.87. The van der Waals surface area contributed by atoms with Crippen molar-refractivity contribution in [2.75, 3.05) is 23.7 Å². The van der Waals surface area contributed by atoms with Gasteiger partial charge in [0.1, 0.15) is 5.82 Å². The smallest absolute Gasteiger partial charge is 0.225 e. The third kappa shape index (κ3) is 3.43. The van der Waals surface area contributed by atoms with Gasteiger partial charge in [0.15, 0.2) is 0 Å². The topological polar surface area (TPSA) is 49.8 Å². The van der Waals surface area contributed by atoms with Crippen molar-refractivity contribution in [2.45, 2.75) is 39.0 Å². The molecule has 1 aliphatic rings. The van der Waals surface area contributed by atoms with E-state index >= 15 is 0 Å². The molecule has 0 spiro atoms. The van der Waals surface area contributed by atoms with Crippen molar-refractivity contribution in [1.29, 1.82) is 0 Å². The van der Waals surface area contributed by atoms with Gasteiger partial charge in [-0.1, -0.05) is 31.9 Å². The molecule has 1 fully saturated rings. The summed E-state index contributed by atoms with van der Waals surface area (Å²) in [6.45, 7) is 4.07. The fourth-order valence-electron chi connectivity index (χ4n) is 2.98. The van der Waals surface area contributed by atoms with Crippen LogP contribution in [0.4, 0.5) is 11.8 Å². The summed E-state index contributed by atoms with van der Waals surface area (Å²) < 4.78 is 0. The minimum absolute atomic E-state index is 0.726. The van der Waals surface area contributed by atoms with Crippen LogP contribution < -0.4 is 10.6 Å². The van der Waals surface area contributed by atoms with Gasteiger partial charge in [0, 0.05) is 18.5 Å². The highest BCUT2D eigenvalue weighted by Crippen LogP contribution is 2.27. The van der Waals surface area contributed by atoms with Crippen molar-refractivity contribution >= 4 is 22.7 Å². The van der Waals surface area contributed by atoms with E-state index in [2.05, 4.69) is 39.7 Å². The van der Waals surface area contributed by atoms with Crippen molar-refractivity contribution in [1.82, 2.24) is 9.97 Å². The molecular weight excluding hydrogens is 260 g/mol. The van der Waals surface area contributed by atoms with E-state index in [1.54, 1.807) is 0 Å². The number of anilines is 2. The molecule has 1 aliphatic carbocycles. The Morgan fingerprint density at radius 2 is 1.90 bits per heavy atom. The minimum atomic E-state index is 0.726. The molecule has 1 aromatic heterocycles. The molecule has 2 N–H and O–H groups in total. The molecular formula is C17H24N4. The summed E-state index contributed by atoms with van der Waals surface area (Å²) in [5.41, 5.74) is 1.00. The monoisotopic (exact) mass is 284 g/mol. The van der Waals surface area contributed by atoms with Gasteiger partial charge in [-0.3, -0.25) is 0 Å². The normalized spacial score (nSPS) is 15.5. The Hall–Kier alpha value is -1.84. The third-order valence-electron chi connectivity index (χ3n) is 4.17. The van der Waals surface area contributed by atoms with Crippen molar-refractivity contribution in [2.24, 2.45) is 5.92 Å². The SMILES string of the molecule is CCCNc1nc(NCC2CCCC2)c2ccccc2n1. The Morgan fingerprint density at radius 3 is 2.71 bits per heavy atom. The minimum Gasteiger partial charge on any atom is -0.369 e. The number of fused-ring (bicyclic) bond motifs is 1. The number of nitrogens with zero attached hydrogens (tertiary/aromatic N) is 2. The highest BCUT2D eigenvalue weighted by Gasteiger charge is 2.15. The summed E-state index contributed by atoms with van der Waals surface area (Å²) in [5, 5.41) is 7.96. The number of benzene rings is 1. The van der Waals surface area contributed by atoms with E-state index in [-0.39, 0.29) is 0 Å². The second-order valence-corrected chi connectivity index (χ2v) is 5.87.